The van der Waals surface area contributed by atoms with Gasteiger partial charge < -0.3 is 9.73 Å². The van der Waals surface area contributed by atoms with Crippen LogP contribution in [0.4, 0.5) is 5.69 Å². The average Bonchev–Trinajstić information content (AvgIpc) is 3.19. The van der Waals surface area contributed by atoms with Gasteiger partial charge in [-0.15, -0.1) is 0 Å². The lowest BCUT2D eigenvalue weighted by Crippen LogP contribution is -2.07. The number of nitrogens with zero attached hydrogens (tertiary/aromatic N) is 2. The van der Waals surface area contributed by atoms with Crippen LogP contribution in [0.2, 0.25) is 0 Å². The average molecular weight is 374 g/mol. The van der Waals surface area contributed by atoms with Crippen molar-refractivity contribution in [3.8, 4) is 5.69 Å². The first-order valence-electron chi connectivity index (χ1n) is 8.75. The number of aryl methyl sites for hydroxylation is 1. The Hall–Kier alpha value is -3.87. The normalized spacial score (nSPS) is 11.4. The van der Waals surface area contributed by atoms with E-state index >= 15 is 0 Å². The van der Waals surface area contributed by atoms with Crippen molar-refractivity contribution in [1.29, 1.82) is 0 Å². The van der Waals surface area contributed by atoms with Gasteiger partial charge in [0.15, 0.2) is 5.58 Å². The molecule has 4 rings (SSSR count). The van der Waals surface area contributed by atoms with Crippen LogP contribution in [0.1, 0.15) is 17.0 Å². The summed E-state index contributed by atoms with van der Waals surface area (Å²) in [6.45, 7) is 3.88. The van der Waals surface area contributed by atoms with E-state index in [2.05, 4.69) is 15.4 Å². The number of hydrogen-bond acceptors (Lipinski definition) is 4. The van der Waals surface area contributed by atoms with Gasteiger partial charge in [0, 0.05) is 23.0 Å². The number of aromatic amines is 1. The molecule has 0 aliphatic heterocycles. The van der Waals surface area contributed by atoms with Crippen LogP contribution in [-0.4, -0.2) is 20.7 Å². The fourth-order valence-corrected chi connectivity index (χ4v) is 3.09. The summed E-state index contributed by atoms with van der Waals surface area (Å²) in [5.41, 5.74) is 5.18. The van der Waals surface area contributed by atoms with Crippen molar-refractivity contribution >= 4 is 28.8 Å². The van der Waals surface area contributed by atoms with E-state index < -0.39 is 5.76 Å². The van der Waals surface area contributed by atoms with E-state index in [4.69, 9.17) is 4.42 Å². The minimum atomic E-state index is -0.528. The number of rotatable bonds is 4. The van der Waals surface area contributed by atoms with Crippen LogP contribution in [0.25, 0.3) is 22.9 Å². The summed E-state index contributed by atoms with van der Waals surface area (Å²) in [4.78, 5) is 26.1. The Morgan fingerprint density at radius 1 is 1.18 bits per heavy atom. The van der Waals surface area contributed by atoms with Crippen molar-refractivity contribution in [3.63, 3.8) is 0 Å². The quantitative estimate of drug-likeness (QED) is 0.534. The summed E-state index contributed by atoms with van der Waals surface area (Å²) in [5.74, 6) is -0.809. The number of amides is 1. The zero-order valence-electron chi connectivity index (χ0n) is 15.4. The van der Waals surface area contributed by atoms with E-state index in [1.54, 1.807) is 24.3 Å². The molecule has 0 saturated carbocycles. The number of anilines is 1. The largest absolute Gasteiger partial charge is 0.417 e. The maximum absolute atomic E-state index is 12.3. The maximum atomic E-state index is 12.3. The van der Waals surface area contributed by atoms with Gasteiger partial charge in [0.25, 0.3) is 0 Å². The molecule has 0 spiro atoms. The highest BCUT2D eigenvalue weighted by atomic mass is 16.4. The van der Waals surface area contributed by atoms with E-state index in [0.29, 0.717) is 16.8 Å². The monoisotopic (exact) mass is 374 g/mol. The van der Waals surface area contributed by atoms with Crippen LogP contribution >= 0.6 is 0 Å². The third kappa shape index (κ3) is 3.37. The molecular formula is C21H18N4O3. The summed E-state index contributed by atoms with van der Waals surface area (Å²) >= 11 is 0. The lowest BCUT2D eigenvalue weighted by Gasteiger charge is -2.04. The van der Waals surface area contributed by atoms with Gasteiger partial charge in [-0.1, -0.05) is 18.2 Å². The fourth-order valence-electron chi connectivity index (χ4n) is 3.09. The first kappa shape index (κ1) is 17.5. The molecule has 0 aliphatic carbocycles. The fraction of sp³-hybridized carbons (Fsp3) is 0.0952. The molecule has 2 N–H and O–H groups in total. The minimum absolute atomic E-state index is 0.281. The third-order valence-corrected chi connectivity index (χ3v) is 4.44. The molecule has 1 amide bonds. The summed E-state index contributed by atoms with van der Waals surface area (Å²) in [5, 5.41) is 7.34. The van der Waals surface area contributed by atoms with Gasteiger partial charge in [-0.2, -0.15) is 5.10 Å². The van der Waals surface area contributed by atoms with Crippen molar-refractivity contribution in [1.82, 2.24) is 14.8 Å². The number of carbonyl (C=O) groups excluding carboxylic acids is 1. The second kappa shape index (κ2) is 7.03. The Morgan fingerprint density at radius 3 is 2.75 bits per heavy atom. The molecular weight excluding hydrogens is 356 g/mol. The van der Waals surface area contributed by atoms with Gasteiger partial charge in [0.2, 0.25) is 5.91 Å². The number of carbonyl (C=O) groups is 1. The molecule has 2 aromatic heterocycles. The Bertz CT molecular complexity index is 1250. The Kier molecular flexibility index (Phi) is 4.41. The third-order valence-electron chi connectivity index (χ3n) is 4.44. The summed E-state index contributed by atoms with van der Waals surface area (Å²) in [6, 6.07) is 14.8. The molecule has 0 atom stereocenters. The Morgan fingerprint density at radius 2 is 1.96 bits per heavy atom. The van der Waals surface area contributed by atoms with Gasteiger partial charge in [-0.05, 0) is 50.3 Å². The predicted molar refractivity (Wildman–Crippen MR) is 108 cm³/mol. The van der Waals surface area contributed by atoms with Crippen LogP contribution in [0.15, 0.2) is 63.8 Å². The molecule has 0 saturated heterocycles. The molecule has 0 unspecified atom stereocenters. The number of para-hydroxylation sites is 1. The van der Waals surface area contributed by atoms with Crippen LogP contribution in [0.5, 0.6) is 0 Å². The van der Waals surface area contributed by atoms with E-state index in [9.17, 15) is 9.59 Å². The smallest absolute Gasteiger partial charge is 0.408 e. The second-order valence-electron chi connectivity index (χ2n) is 6.38. The molecule has 4 aromatic rings. The predicted octanol–water partition coefficient (Wildman–Crippen LogP) is 3.58. The number of benzene rings is 2. The first-order chi connectivity index (χ1) is 13.5. The maximum Gasteiger partial charge on any atom is 0.417 e. The standard InChI is InChI=1S/C21H18N4O3/c1-13-17(14(2)25(24-13)16-6-4-3-5-7-16)9-11-20(26)22-15-8-10-19-18(12-15)23-21(27)28-19/h3-12H,1-2H3,(H,22,26)(H,23,27)/b11-9+. The topological polar surface area (TPSA) is 92.9 Å². The van der Waals surface area contributed by atoms with Gasteiger partial charge in [0.1, 0.15) is 0 Å². The SMILES string of the molecule is Cc1nn(-c2ccccc2)c(C)c1/C=C/C(=O)Nc1ccc2oc(=O)[nH]c2c1. The number of fused-ring (bicyclic) bond motifs is 1. The highest BCUT2D eigenvalue weighted by Crippen LogP contribution is 2.20. The molecule has 0 fully saturated rings. The summed E-state index contributed by atoms with van der Waals surface area (Å²) < 4.78 is 6.81. The highest BCUT2D eigenvalue weighted by molar-refractivity contribution is 6.02. The van der Waals surface area contributed by atoms with Crippen LogP contribution in [0.3, 0.4) is 0 Å². The number of aromatic nitrogens is 3. The second-order valence-corrected chi connectivity index (χ2v) is 6.38. The molecule has 2 heterocycles. The molecule has 140 valence electrons. The van der Waals surface area contributed by atoms with Gasteiger partial charge in [-0.25, -0.2) is 9.48 Å². The zero-order valence-corrected chi connectivity index (χ0v) is 15.4. The Labute approximate surface area is 160 Å². The molecule has 7 heteroatoms. The van der Waals surface area contributed by atoms with E-state index in [-0.39, 0.29) is 5.91 Å². The van der Waals surface area contributed by atoms with Crippen molar-refractivity contribution in [3.05, 3.63) is 82.1 Å². The molecule has 0 radical (unpaired) electrons. The van der Waals surface area contributed by atoms with Gasteiger partial charge >= 0.3 is 5.76 Å². The van der Waals surface area contributed by atoms with Crippen molar-refractivity contribution in [2.45, 2.75) is 13.8 Å². The number of oxazole rings is 1. The molecule has 0 aliphatic rings. The van der Waals surface area contributed by atoms with Crippen LogP contribution in [-0.2, 0) is 4.79 Å². The lowest BCUT2D eigenvalue weighted by atomic mass is 10.2. The van der Waals surface area contributed by atoms with Crippen molar-refractivity contribution < 1.29 is 9.21 Å². The summed E-state index contributed by atoms with van der Waals surface area (Å²) in [6.07, 6.45) is 3.22. The van der Waals surface area contributed by atoms with Gasteiger partial charge in [0.05, 0.1) is 16.9 Å². The van der Waals surface area contributed by atoms with E-state index in [1.807, 2.05) is 48.9 Å². The van der Waals surface area contributed by atoms with E-state index in [1.165, 1.54) is 6.08 Å². The number of H-pyrrole nitrogens is 1. The Balaban J connectivity index is 1.54. The van der Waals surface area contributed by atoms with Gasteiger partial charge in [-0.3, -0.25) is 9.78 Å². The molecule has 2 aromatic carbocycles. The minimum Gasteiger partial charge on any atom is -0.408 e. The molecule has 7 nitrogen and oxygen atoms in total. The first-order valence-corrected chi connectivity index (χ1v) is 8.75. The summed E-state index contributed by atoms with van der Waals surface area (Å²) in [7, 11) is 0. The van der Waals surface area contributed by atoms with Crippen LogP contribution < -0.4 is 11.1 Å². The lowest BCUT2D eigenvalue weighted by molar-refractivity contribution is -0.111. The number of hydrogen-bond donors (Lipinski definition) is 2. The van der Waals surface area contributed by atoms with Crippen molar-refractivity contribution in [2.24, 2.45) is 0 Å². The highest BCUT2D eigenvalue weighted by Gasteiger charge is 2.11. The van der Waals surface area contributed by atoms with E-state index in [0.717, 1.165) is 22.6 Å². The zero-order chi connectivity index (χ0) is 19.7. The molecule has 0 bridgehead atoms. The molecule has 28 heavy (non-hydrogen) atoms. The van der Waals surface area contributed by atoms with Crippen molar-refractivity contribution in [2.75, 3.05) is 5.32 Å². The van der Waals surface area contributed by atoms with Crippen LogP contribution in [0, 0.1) is 13.8 Å². The number of nitrogens with one attached hydrogen (secondary N) is 2.